The van der Waals surface area contributed by atoms with Crippen molar-refractivity contribution in [2.75, 3.05) is 18.4 Å². The van der Waals surface area contributed by atoms with Gasteiger partial charge in [0.05, 0.1) is 0 Å². The van der Waals surface area contributed by atoms with Crippen LogP contribution in [0.5, 0.6) is 0 Å². The fraction of sp³-hybridized carbons (Fsp3) is 0.400. The van der Waals surface area contributed by atoms with E-state index in [0.29, 0.717) is 23.7 Å². The predicted molar refractivity (Wildman–Crippen MR) is 80.2 cm³/mol. The lowest BCUT2D eigenvalue weighted by Gasteiger charge is -2.21. The van der Waals surface area contributed by atoms with Gasteiger partial charge in [-0.3, -0.25) is 4.79 Å². The number of amides is 1. The van der Waals surface area contributed by atoms with Crippen LogP contribution in [-0.2, 0) is 4.79 Å². The first-order valence-electron chi connectivity index (χ1n) is 7.37. The third-order valence-electron chi connectivity index (χ3n) is 3.83. The van der Waals surface area contributed by atoms with Crippen LogP contribution in [0.3, 0.4) is 0 Å². The van der Waals surface area contributed by atoms with Gasteiger partial charge >= 0.3 is 0 Å². The minimum Gasteiger partial charge on any atom is -0.326 e. The van der Waals surface area contributed by atoms with E-state index in [1.807, 2.05) is 0 Å². The normalized spacial score (nSPS) is 15.7. The van der Waals surface area contributed by atoms with E-state index in [0.717, 1.165) is 25.9 Å². The van der Waals surface area contributed by atoms with Gasteiger partial charge in [0.25, 0.3) is 0 Å². The lowest BCUT2D eigenvalue weighted by molar-refractivity contribution is -0.117. The van der Waals surface area contributed by atoms with Crippen molar-refractivity contribution in [1.29, 1.82) is 0 Å². The Morgan fingerprint density at radius 1 is 1.41 bits per heavy atom. The zero-order chi connectivity index (χ0) is 15.4. The summed E-state index contributed by atoms with van der Waals surface area (Å²) in [4.78, 5) is 15.8. The molecule has 1 fully saturated rings. The van der Waals surface area contributed by atoms with Crippen molar-refractivity contribution in [2.45, 2.75) is 19.3 Å². The summed E-state index contributed by atoms with van der Waals surface area (Å²) in [6.07, 6.45) is 5.26. The maximum atomic E-state index is 14.1. The Labute approximate surface area is 127 Å². The number of anilines is 1. The third-order valence-corrected chi connectivity index (χ3v) is 3.83. The number of carbonyl (C=O) groups is 1. The van der Waals surface area contributed by atoms with Gasteiger partial charge in [-0.05, 0) is 50.0 Å². The number of halogens is 1. The van der Waals surface area contributed by atoms with Crippen LogP contribution >= 0.6 is 0 Å². The fourth-order valence-corrected chi connectivity index (χ4v) is 2.66. The van der Waals surface area contributed by atoms with Crippen molar-refractivity contribution in [3.63, 3.8) is 0 Å². The van der Waals surface area contributed by atoms with Crippen molar-refractivity contribution in [1.82, 2.24) is 20.1 Å². The second-order valence-corrected chi connectivity index (χ2v) is 5.45. The highest BCUT2D eigenvalue weighted by Gasteiger charge is 2.17. The van der Waals surface area contributed by atoms with Gasteiger partial charge in [0, 0.05) is 12.1 Å². The molecule has 0 radical (unpaired) electrons. The van der Waals surface area contributed by atoms with Crippen LogP contribution in [0.25, 0.3) is 5.69 Å². The average molecular weight is 303 g/mol. The van der Waals surface area contributed by atoms with E-state index >= 15 is 0 Å². The summed E-state index contributed by atoms with van der Waals surface area (Å²) in [5.74, 6) is -0.120. The number of hydrogen-bond donors (Lipinski definition) is 2. The van der Waals surface area contributed by atoms with Crippen molar-refractivity contribution in [2.24, 2.45) is 5.92 Å². The van der Waals surface area contributed by atoms with Crippen molar-refractivity contribution in [3.8, 4) is 5.69 Å². The maximum Gasteiger partial charge on any atom is 0.224 e. The van der Waals surface area contributed by atoms with Crippen LogP contribution in [0.2, 0.25) is 0 Å². The molecule has 0 saturated carbocycles. The number of carbonyl (C=O) groups excluding carboxylic acids is 1. The van der Waals surface area contributed by atoms with Crippen LogP contribution in [0.4, 0.5) is 10.1 Å². The van der Waals surface area contributed by atoms with Gasteiger partial charge < -0.3 is 10.6 Å². The Kier molecular flexibility index (Phi) is 4.43. The summed E-state index contributed by atoms with van der Waals surface area (Å²) in [5.41, 5.74) is 0.758. The number of benzene rings is 1. The smallest absolute Gasteiger partial charge is 0.224 e. The van der Waals surface area contributed by atoms with Crippen LogP contribution in [-0.4, -0.2) is 33.8 Å². The second kappa shape index (κ2) is 6.65. The standard InChI is InChI=1S/C15H18FN5O/c16-13-8-12(1-2-14(13)21-10-18-9-19-21)20-15(22)7-11-3-5-17-6-4-11/h1-2,8-11,17H,3-7H2,(H,20,22). The fourth-order valence-electron chi connectivity index (χ4n) is 2.66. The van der Waals surface area contributed by atoms with Gasteiger partial charge in [-0.2, -0.15) is 5.10 Å². The summed E-state index contributed by atoms with van der Waals surface area (Å²) >= 11 is 0. The zero-order valence-electron chi connectivity index (χ0n) is 12.1. The summed E-state index contributed by atoms with van der Waals surface area (Å²) in [6.45, 7) is 1.92. The van der Waals surface area contributed by atoms with Crippen LogP contribution in [0.1, 0.15) is 19.3 Å². The van der Waals surface area contributed by atoms with Gasteiger partial charge in [0.15, 0.2) is 5.82 Å². The van der Waals surface area contributed by atoms with Crippen molar-refractivity contribution in [3.05, 3.63) is 36.7 Å². The molecule has 116 valence electrons. The second-order valence-electron chi connectivity index (χ2n) is 5.45. The number of rotatable bonds is 4. The summed E-state index contributed by atoms with van der Waals surface area (Å²) < 4.78 is 15.4. The Hall–Kier alpha value is -2.28. The Morgan fingerprint density at radius 3 is 2.91 bits per heavy atom. The minimum absolute atomic E-state index is 0.0696. The molecule has 2 N–H and O–H groups in total. The molecule has 0 aliphatic carbocycles. The lowest BCUT2D eigenvalue weighted by atomic mass is 9.94. The largest absolute Gasteiger partial charge is 0.326 e. The Balaban J connectivity index is 1.63. The van der Waals surface area contributed by atoms with Crippen LogP contribution < -0.4 is 10.6 Å². The van der Waals surface area contributed by atoms with Gasteiger partial charge in [-0.25, -0.2) is 14.1 Å². The Morgan fingerprint density at radius 2 is 2.23 bits per heavy atom. The molecule has 0 atom stereocenters. The molecule has 0 unspecified atom stereocenters. The molecule has 1 saturated heterocycles. The van der Waals surface area contributed by atoms with Gasteiger partial charge in [-0.15, -0.1) is 0 Å². The molecule has 1 aromatic heterocycles. The molecule has 1 aliphatic rings. The van der Waals surface area contributed by atoms with Crippen molar-refractivity contribution < 1.29 is 9.18 Å². The van der Waals surface area contributed by atoms with Crippen LogP contribution in [0, 0.1) is 11.7 Å². The molecule has 0 bridgehead atoms. The molecule has 22 heavy (non-hydrogen) atoms. The van der Waals surface area contributed by atoms with Gasteiger partial charge in [0.1, 0.15) is 18.3 Å². The summed E-state index contributed by atoms with van der Waals surface area (Å²) in [7, 11) is 0. The molecule has 0 spiro atoms. The number of nitrogens with zero attached hydrogens (tertiary/aromatic N) is 3. The molecule has 7 heteroatoms. The monoisotopic (exact) mass is 303 g/mol. The first-order valence-corrected chi connectivity index (χ1v) is 7.37. The van der Waals surface area contributed by atoms with Gasteiger partial charge in [-0.1, -0.05) is 0 Å². The highest BCUT2D eigenvalue weighted by Crippen LogP contribution is 2.20. The molecular weight excluding hydrogens is 285 g/mol. The number of nitrogens with one attached hydrogen (secondary N) is 2. The highest BCUT2D eigenvalue weighted by molar-refractivity contribution is 5.90. The topological polar surface area (TPSA) is 71.8 Å². The number of hydrogen-bond acceptors (Lipinski definition) is 4. The van der Waals surface area contributed by atoms with Gasteiger partial charge in [0.2, 0.25) is 5.91 Å². The molecule has 2 heterocycles. The molecule has 6 nitrogen and oxygen atoms in total. The number of aromatic nitrogens is 3. The van der Waals surface area contributed by atoms with E-state index in [1.54, 1.807) is 12.1 Å². The van der Waals surface area contributed by atoms with Crippen molar-refractivity contribution >= 4 is 11.6 Å². The zero-order valence-corrected chi connectivity index (χ0v) is 12.1. The Bertz CT molecular complexity index is 637. The first kappa shape index (κ1) is 14.6. The van der Waals surface area contributed by atoms with E-state index in [1.165, 1.54) is 23.4 Å². The third kappa shape index (κ3) is 3.48. The molecule has 3 rings (SSSR count). The summed E-state index contributed by atoms with van der Waals surface area (Å²) in [6, 6.07) is 4.54. The van der Waals surface area contributed by atoms with E-state index in [-0.39, 0.29) is 5.91 Å². The van der Waals surface area contributed by atoms with E-state index < -0.39 is 5.82 Å². The molecular formula is C15H18FN5O. The van der Waals surface area contributed by atoms with E-state index in [2.05, 4.69) is 20.7 Å². The molecule has 2 aromatic rings. The SMILES string of the molecule is O=C(CC1CCNCC1)Nc1ccc(-n2cncn2)c(F)c1. The minimum atomic E-state index is -0.454. The molecule has 1 aliphatic heterocycles. The van der Waals surface area contributed by atoms with E-state index in [4.69, 9.17) is 0 Å². The average Bonchev–Trinajstić information content (AvgIpc) is 3.02. The highest BCUT2D eigenvalue weighted by atomic mass is 19.1. The van der Waals surface area contributed by atoms with Crippen LogP contribution in [0.15, 0.2) is 30.9 Å². The predicted octanol–water partition coefficient (Wildman–Crippen LogP) is 1.73. The maximum absolute atomic E-state index is 14.1. The number of piperidine rings is 1. The quantitative estimate of drug-likeness (QED) is 0.902. The van der Waals surface area contributed by atoms with E-state index in [9.17, 15) is 9.18 Å². The first-order chi connectivity index (χ1) is 10.7. The summed E-state index contributed by atoms with van der Waals surface area (Å²) in [5, 5.41) is 9.92. The molecule has 1 amide bonds. The molecule has 1 aromatic carbocycles. The lowest BCUT2D eigenvalue weighted by Crippen LogP contribution is -2.30.